The Balaban J connectivity index is 1.68. The Bertz CT molecular complexity index is 566. The Labute approximate surface area is 161 Å². The van der Waals surface area contributed by atoms with Crippen molar-refractivity contribution in [1.82, 2.24) is 20.9 Å². The largest absolute Gasteiger partial charge is 0.357 e. The van der Waals surface area contributed by atoms with Crippen LogP contribution in [0.15, 0.2) is 11.2 Å². The number of hydrogen-bond acceptors (Lipinski definition) is 4. The van der Waals surface area contributed by atoms with E-state index in [-0.39, 0.29) is 5.91 Å². The Morgan fingerprint density at radius 2 is 2.08 bits per heavy atom. The number of aromatic nitrogens is 1. The van der Waals surface area contributed by atoms with E-state index in [2.05, 4.69) is 32.9 Å². The third-order valence-corrected chi connectivity index (χ3v) is 5.71. The summed E-state index contributed by atoms with van der Waals surface area (Å²) in [7, 11) is 0. The second-order valence-corrected chi connectivity index (χ2v) is 7.86. The number of carbonyl (C=O) groups excluding carboxylic acids is 1. The third kappa shape index (κ3) is 7.72. The van der Waals surface area contributed by atoms with Crippen molar-refractivity contribution in [2.24, 2.45) is 4.99 Å². The second-order valence-electron chi connectivity index (χ2n) is 6.66. The van der Waals surface area contributed by atoms with E-state index in [0.717, 1.165) is 43.2 Å². The molecule has 0 radical (unpaired) electrons. The van der Waals surface area contributed by atoms with Gasteiger partial charge in [-0.2, -0.15) is 0 Å². The number of guanidine groups is 1. The van der Waals surface area contributed by atoms with Crippen molar-refractivity contribution in [1.29, 1.82) is 0 Å². The van der Waals surface area contributed by atoms with E-state index < -0.39 is 0 Å². The number of aryl methyl sites for hydroxylation is 1. The molecule has 0 bridgehead atoms. The van der Waals surface area contributed by atoms with Crippen molar-refractivity contribution in [3.8, 4) is 0 Å². The lowest BCUT2D eigenvalue weighted by Gasteiger charge is -2.22. The van der Waals surface area contributed by atoms with Gasteiger partial charge in [-0.3, -0.25) is 9.79 Å². The van der Waals surface area contributed by atoms with E-state index in [9.17, 15) is 4.79 Å². The van der Waals surface area contributed by atoms with Gasteiger partial charge in [0, 0.05) is 49.6 Å². The molecule has 1 fully saturated rings. The van der Waals surface area contributed by atoms with Gasteiger partial charge in [0.05, 0.1) is 5.01 Å². The van der Waals surface area contributed by atoms with Crippen LogP contribution in [0.2, 0.25) is 0 Å². The molecule has 1 heterocycles. The van der Waals surface area contributed by atoms with E-state index in [1.165, 1.54) is 24.1 Å². The molecule has 1 aromatic heterocycles. The van der Waals surface area contributed by atoms with E-state index in [1.807, 2.05) is 13.1 Å². The SMILES string of the molecule is CCNC(=NCCc1ncc(CC)s1)NCCC(=O)NC1CCCCC1. The fraction of sp³-hybridized carbons (Fsp3) is 0.737. The number of aliphatic imine (C=N–C) groups is 1. The van der Waals surface area contributed by atoms with Crippen molar-refractivity contribution in [3.05, 3.63) is 16.1 Å². The van der Waals surface area contributed by atoms with Crippen molar-refractivity contribution in [3.63, 3.8) is 0 Å². The monoisotopic (exact) mass is 379 g/mol. The van der Waals surface area contributed by atoms with Gasteiger partial charge in [0.25, 0.3) is 0 Å². The summed E-state index contributed by atoms with van der Waals surface area (Å²) in [5.74, 6) is 0.903. The van der Waals surface area contributed by atoms with Gasteiger partial charge in [0.2, 0.25) is 5.91 Å². The molecule has 0 spiro atoms. The number of rotatable bonds is 9. The molecular formula is C19H33N5OS. The van der Waals surface area contributed by atoms with Crippen molar-refractivity contribution >= 4 is 23.2 Å². The molecule has 26 heavy (non-hydrogen) atoms. The van der Waals surface area contributed by atoms with Crippen LogP contribution in [0.3, 0.4) is 0 Å². The molecule has 0 atom stereocenters. The lowest BCUT2D eigenvalue weighted by Crippen LogP contribution is -2.41. The summed E-state index contributed by atoms with van der Waals surface area (Å²) < 4.78 is 0. The minimum Gasteiger partial charge on any atom is -0.357 e. The Kier molecular flexibility index (Phi) is 9.45. The maximum absolute atomic E-state index is 12.1. The summed E-state index contributed by atoms with van der Waals surface area (Å²) in [5.41, 5.74) is 0. The molecule has 2 rings (SSSR count). The molecule has 0 saturated heterocycles. The van der Waals surface area contributed by atoms with Crippen LogP contribution in [0, 0.1) is 0 Å². The zero-order valence-corrected chi connectivity index (χ0v) is 17.0. The number of carbonyl (C=O) groups is 1. The highest BCUT2D eigenvalue weighted by molar-refractivity contribution is 7.11. The summed E-state index contributed by atoms with van der Waals surface area (Å²) in [5, 5.41) is 10.8. The van der Waals surface area contributed by atoms with Gasteiger partial charge in [-0.05, 0) is 26.2 Å². The number of hydrogen-bond donors (Lipinski definition) is 3. The van der Waals surface area contributed by atoms with Crippen molar-refractivity contribution in [2.75, 3.05) is 19.6 Å². The molecule has 0 aliphatic heterocycles. The molecule has 0 unspecified atom stereocenters. The average Bonchev–Trinajstić information content (AvgIpc) is 3.10. The maximum atomic E-state index is 12.1. The number of nitrogens with one attached hydrogen (secondary N) is 3. The molecular weight excluding hydrogens is 346 g/mol. The topological polar surface area (TPSA) is 78.4 Å². The van der Waals surface area contributed by atoms with E-state index in [0.29, 0.717) is 25.6 Å². The average molecular weight is 380 g/mol. The molecule has 7 heteroatoms. The molecule has 1 saturated carbocycles. The first-order chi connectivity index (χ1) is 12.7. The standard InChI is InChI=1S/C19H33N5OS/c1-3-16-14-23-18(26-16)11-13-22-19(20-4-2)21-12-10-17(25)24-15-8-6-5-7-9-15/h14-15H,3-13H2,1-2H3,(H,24,25)(H2,20,21,22). The highest BCUT2D eigenvalue weighted by Crippen LogP contribution is 2.17. The van der Waals surface area contributed by atoms with Gasteiger partial charge in [-0.15, -0.1) is 11.3 Å². The molecule has 1 aliphatic rings. The van der Waals surface area contributed by atoms with Crippen LogP contribution in [0.1, 0.15) is 62.3 Å². The van der Waals surface area contributed by atoms with Crippen LogP contribution in [-0.2, 0) is 17.6 Å². The van der Waals surface area contributed by atoms with Gasteiger partial charge in [-0.25, -0.2) is 4.98 Å². The van der Waals surface area contributed by atoms with Crippen LogP contribution in [0.25, 0.3) is 0 Å². The van der Waals surface area contributed by atoms with Crippen LogP contribution in [0.4, 0.5) is 0 Å². The Hall–Kier alpha value is -1.63. The van der Waals surface area contributed by atoms with Gasteiger partial charge in [0.1, 0.15) is 0 Å². The van der Waals surface area contributed by atoms with Gasteiger partial charge < -0.3 is 16.0 Å². The predicted molar refractivity (Wildman–Crippen MR) is 109 cm³/mol. The summed E-state index contributed by atoms with van der Waals surface area (Å²) in [6.45, 7) is 6.29. The van der Waals surface area contributed by atoms with Gasteiger partial charge in [0.15, 0.2) is 5.96 Å². The lowest BCUT2D eigenvalue weighted by atomic mass is 9.95. The second kappa shape index (κ2) is 11.9. The summed E-state index contributed by atoms with van der Waals surface area (Å²) >= 11 is 1.76. The number of amides is 1. The van der Waals surface area contributed by atoms with E-state index in [1.54, 1.807) is 11.3 Å². The first-order valence-electron chi connectivity index (χ1n) is 9.96. The zero-order valence-electron chi connectivity index (χ0n) is 16.1. The Morgan fingerprint density at radius 1 is 1.27 bits per heavy atom. The predicted octanol–water partition coefficient (Wildman–Crippen LogP) is 2.64. The Morgan fingerprint density at radius 3 is 2.77 bits per heavy atom. The van der Waals surface area contributed by atoms with Crippen LogP contribution in [-0.4, -0.2) is 42.5 Å². The van der Waals surface area contributed by atoms with Gasteiger partial charge in [-0.1, -0.05) is 26.2 Å². The molecule has 1 amide bonds. The number of thiazole rings is 1. The van der Waals surface area contributed by atoms with Crippen LogP contribution >= 0.6 is 11.3 Å². The smallest absolute Gasteiger partial charge is 0.221 e. The molecule has 1 aromatic rings. The quantitative estimate of drug-likeness (QED) is 0.455. The minimum absolute atomic E-state index is 0.134. The highest BCUT2D eigenvalue weighted by atomic mass is 32.1. The summed E-state index contributed by atoms with van der Waals surface area (Å²) in [6.07, 6.45) is 10.3. The van der Waals surface area contributed by atoms with Crippen molar-refractivity contribution < 1.29 is 4.79 Å². The van der Waals surface area contributed by atoms with Crippen molar-refractivity contribution in [2.45, 2.75) is 71.3 Å². The summed E-state index contributed by atoms with van der Waals surface area (Å²) in [4.78, 5) is 22.4. The fourth-order valence-electron chi connectivity index (χ4n) is 3.07. The summed E-state index contributed by atoms with van der Waals surface area (Å²) in [6, 6.07) is 0.379. The van der Waals surface area contributed by atoms with Crippen LogP contribution < -0.4 is 16.0 Å². The molecule has 1 aliphatic carbocycles. The highest BCUT2D eigenvalue weighted by Gasteiger charge is 2.15. The third-order valence-electron chi connectivity index (χ3n) is 4.50. The normalized spacial score (nSPS) is 15.7. The first kappa shape index (κ1) is 20.7. The van der Waals surface area contributed by atoms with E-state index >= 15 is 0 Å². The lowest BCUT2D eigenvalue weighted by molar-refractivity contribution is -0.121. The molecule has 3 N–H and O–H groups in total. The van der Waals surface area contributed by atoms with Crippen LogP contribution in [0.5, 0.6) is 0 Å². The maximum Gasteiger partial charge on any atom is 0.221 e. The number of nitrogens with zero attached hydrogens (tertiary/aromatic N) is 2. The molecule has 146 valence electrons. The first-order valence-corrected chi connectivity index (χ1v) is 10.8. The molecule has 6 nitrogen and oxygen atoms in total. The van der Waals surface area contributed by atoms with Gasteiger partial charge >= 0.3 is 0 Å². The molecule has 0 aromatic carbocycles. The van der Waals surface area contributed by atoms with E-state index in [4.69, 9.17) is 0 Å². The fourth-order valence-corrected chi connectivity index (χ4v) is 3.92. The zero-order chi connectivity index (χ0) is 18.6. The minimum atomic E-state index is 0.134.